The lowest BCUT2D eigenvalue weighted by Gasteiger charge is -2.11. The summed E-state index contributed by atoms with van der Waals surface area (Å²) in [7, 11) is 3.08. The van der Waals surface area contributed by atoms with Crippen LogP contribution in [0.2, 0.25) is 0 Å². The summed E-state index contributed by atoms with van der Waals surface area (Å²) in [6, 6.07) is 4.40. The number of hydrogen-bond donors (Lipinski definition) is 1. The van der Waals surface area contributed by atoms with E-state index in [9.17, 15) is 22.8 Å². The summed E-state index contributed by atoms with van der Waals surface area (Å²) in [6.45, 7) is -0.188. The van der Waals surface area contributed by atoms with Crippen molar-refractivity contribution >= 4 is 11.8 Å². The topological polar surface area (TPSA) is 58.6 Å². The number of benzene rings is 1. The van der Waals surface area contributed by atoms with Crippen LogP contribution in [0.1, 0.15) is 10.4 Å². The predicted molar refractivity (Wildman–Crippen MR) is 64.2 cm³/mol. The van der Waals surface area contributed by atoms with Crippen molar-refractivity contribution in [2.75, 3.05) is 20.6 Å². The fraction of sp³-hybridized carbons (Fsp3) is 0.333. The Morgan fingerprint density at radius 2 is 1.75 bits per heavy atom. The molecular formula is C12H13F3N2O3. The quantitative estimate of drug-likeness (QED) is 0.912. The molecule has 1 rings (SSSR count). The standard InChI is InChI=1S/C12H13F3N2O3/c1-17(2)10(18)7-16-11(19)8-3-5-9(6-4-8)20-12(13,14)15/h3-6H,7H2,1-2H3,(H,16,19). The van der Waals surface area contributed by atoms with Gasteiger partial charge in [-0.25, -0.2) is 0 Å². The third kappa shape index (κ3) is 5.17. The highest BCUT2D eigenvalue weighted by Gasteiger charge is 2.31. The maximum absolute atomic E-state index is 11.9. The number of carbonyl (C=O) groups is 2. The highest BCUT2D eigenvalue weighted by molar-refractivity contribution is 5.96. The van der Waals surface area contributed by atoms with Crippen molar-refractivity contribution in [3.63, 3.8) is 0 Å². The zero-order valence-electron chi connectivity index (χ0n) is 10.8. The molecule has 5 nitrogen and oxygen atoms in total. The van der Waals surface area contributed by atoms with Crippen molar-refractivity contribution < 1.29 is 27.5 Å². The van der Waals surface area contributed by atoms with E-state index in [0.717, 1.165) is 12.1 Å². The molecule has 1 aromatic carbocycles. The lowest BCUT2D eigenvalue weighted by molar-refractivity contribution is -0.274. The average molecular weight is 290 g/mol. The Morgan fingerprint density at radius 3 is 2.20 bits per heavy atom. The molecule has 0 atom stereocenters. The Balaban J connectivity index is 2.60. The Hall–Kier alpha value is -2.25. The van der Waals surface area contributed by atoms with Gasteiger partial charge in [0.25, 0.3) is 5.91 Å². The summed E-state index contributed by atoms with van der Waals surface area (Å²) in [5, 5.41) is 2.35. The molecule has 0 saturated heterocycles. The average Bonchev–Trinajstić information content (AvgIpc) is 2.34. The predicted octanol–water partition coefficient (Wildman–Crippen LogP) is 1.40. The number of hydrogen-bond acceptors (Lipinski definition) is 3. The van der Waals surface area contributed by atoms with Crippen molar-refractivity contribution in [2.45, 2.75) is 6.36 Å². The molecule has 0 heterocycles. The number of ether oxygens (including phenoxy) is 1. The first-order chi connectivity index (χ1) is 9.19. The van der Waals surface area contributed by atoms with Crippen molar-refractivity contribution in [3.8, 4) is 5.75 Å². The van der Waals surface area contributed by atoms with Gasteiger partial charge in [0, 0.05) is 19.7 Å². The van der Waals surface area contributed by atoms with Gasteiger partial charge in [0.05, 0.1) is 6.54 Å². The largest absolute Gasteiger partial charge is 0.573 e. The molecule has 110 valence electrons. The molecule has 0 fully saturated rings. The minimum absolute atomic E-state index is 0.131. The second-order valence-corrected chi connectivity index (χ2v) is 4.04. The molecule has 1 aromatic rings. The number of likely N-dealkylation sites (N-methyl/N-ethyl adjacent to an activating group) is 1. The van der Waals surface area contributed by atoms with Crippen LogP contribution in [0.15, 0.2) is 24.3 Å². The fourth-order valence-corrected chi connectivity index (χ4v) is 1.22. The Morgan fingerprint density at radius 1 is 1.20 bits per heavy atom. The second-order valence-electron chi connectivity index (χ2n) is 4.04. The van der Waals surface area contributed by atoms with Crippen LogP contribution in [-0.4, -0.2) is 43.7 Å². The lowest BCUT2D eigenvalue weighted by Crippen LogP contribution is -2.36. The van der Waals surface area contributed by atoms with Crippen LogP contribution in [0, 0.1) is 0 Å². The Kier molecular flexibility index (Phi) is 4.95. The lowest BCUT2D eigenvalue weighted by atomic mass is 10.2. The first-order valence-corrected chi connectivity index (χ1v) is 5.53. The van der Waals surface area contributed by atoms with Crippen molar-refractivity contribution in [3.05, 3.63) is 29.8 Å². The minimum atomic E-state index is -4.78. The normalized spacial score (nSPS) is 10.8. The van der Waals surface area contributed by atoms with Crippen LogP contribution in [0.3, 0.4) is 0 Å². The van der Waals surface area contributed by atoms with Gasteiger partial charge >= 0.3 is 6.36 Å². The number of rotatable bonds is 4. The third-order valence-corrected chi connectivity index (χ3v) is 2.25. The monoisotopic (exact) mass is 290 g/mol. The minimum Gasteiger partial charge on any atom is -0.406 e. The second kappa shape index (κ2) is 6.27. The van der Waals surface area contributed by atoms with Crippen LogP contribution >= 0.6 is 0 Å². The smallest absolute Gasteiger partial charge is 0.406 e. The van der Waals surface area contributed by atoms with Gasteiger partial charge in [0.2, 0.25) is 5.91 Å². The Labute approximate surface area is 113 Å². The SMILES string of the molecule is CN(C)C(=O)CNC(=O)c1ccc(OC(F)(F)F)cc1. The molecule has 8 heteroatoms. The van der Waals surface area contributed by atoms with E-state index in [1.165, 1.54) is 31.1 Å². The van der Waals surface area contributed by atoms with E-state index in [1.54, 1.807) is 0 Å². The molecule has 0 bridgehead atoms. The van der Waals surface area contributed by atoms with Crippen LogP contribution < -0.4 is 10.1 Å². The summed E-state index contributed by atoms with van der Waals surface area (Å²) in [4.78, 5) is 24.2. The summed E-state index contributed by atoms with van der Waals surface area (Å²) in [5.74, 6) is -1.27. The third-order valence-electron chi connectivity index (χ3n) is 2.25. The van der Waals surface area contributed by atoms with Gasteiger partial charge in [-0.2, -0.15) is 0 Å². The van der Waals surface area contributed by atoms with Crippen LogP contribution in [0.25, 0.3) is 0 Å². The summed E-state index contributed by atoms with van der Waals surface area (Å²) in [6.07, 6.45) is -4.78. The maximum Gasteiger partial charge on any atom is 0.573 e. The van der Waals surface area contributed by atoms with Gasteiger partial charge in [0.15, 0.2) is 0 Å². The fourth-order valence-electron chi connectivity index (χ4n) is 1.22. The van der Waals surface area contributed by atoms with E-state index >= 15 is 0 Å². The van der Waals surface area contributed by atoms with Crippen molar-refractivity contribution in [1.29, 1.82) is 0 Å². The van der Waals surface area contributed by atoms with Gasteiger partial charge < -0.3 is 15.0 Å². The number of halogens is 3. The highest BCUT2D eigenvalue weighted by atomic mass is 19.4. The van der Waals surface area contributed by atoms with E-state index < -0.39 is 18.0 Å². The molecule has 0 saturated carbocycles. The molecule has 0 aliphatic carbocycles. The Bertz CT molecular complexity index is 484. The number of amides is 2. The van der Waals surface area contributed by atoms with Gasteiger partial charge in [0.1, 0.15) is 5.75 Å². The zero-order valence-corrected chi connectivity index (χ0v) is 10.8. The number of nitrogens with zero attached hydrogens (tertiary/aromatic N) is 1. The van der Waals surface area contributed by atoms with Crippen LogP contribution in [0.4, 0.5) is 13.2 Å². The van der Waals surface area contributed by atoms with Gasteiger partial charge in [-0.1, -0.05) is 0 Å². The van der Waals surface area contributed by atoms with E-state index in [1.807, 2.05) is 0 Å². The molecular weight excluding hydrogens is 277 g/mol. The summed E-state index contributed by atoms with van der Waals surface area (Å²) >= 11 is 0. The highest BCUT2D eigenvalue weighted by Crippen LogP contribution is 2.22. The molecule has 20 heavy (non-hydrogen) atoms. The zero-order chi connectivity index (χ0) is 15.3. The summed E-state index contributed by atoms with van der Waals surface area (Å²) < 4.78 is 39.5. The molecule has 0 unspecified atom stereocenters. The van der Waals surface area contributed by atoms with Gasteiger partial charge in [-0.05, 0) is 24.3 Å². The number of nitrogens with one attached hydrogen (secondary N) is 1. The first-order valence-electron chi connectivity index (χ1n) is 5.53. The van der Waals surface area contributed by atoms with Crippen molar-refractivity contribution in [1.82, 2.24) is 10.2 Å². The maximum atomic E-state index is 11.9. The number of carbonyl (C=O) groups excluding carboxylic acids is 2. The van der Waals surface area contributed by atoms with E-state index in [-0.39, 0.29) is 18.0 Å². The van der Waals surface area contributed by atoms with Crippen molar-refractivity contribution in [2.24, 2.45) is 0 Å². The molecule has 0 aliphatic rings. The molecule has 1 N–H and O–H groups in total. The molecule has 0 aliphatic heterocycles. The first kappa shape index (κ1) is 15.8. The molecule has 0 aromatic heterocycles. The van der Waals surface area contributed by atoms with Crippen LogP contribution in [0.5, 0.6) is 5.75 Å². The summed E-state index contributed by atoms with van der Waals surface area (Å²) in [5.41, 5.74) is 0.131. The van der Waals surface area contributed by atoms with E-state index in [2.05, 4.69) is 10.1 Å². The van der Waals surface area contributed by atoms with Gasteiger partial charge in [-0.15, -0.1) is 13.2 Å². The molecule has 0 spiro atoms. The number of alkyl halides is 3. The van der Waals surface area contributed by atoms with Crippen LogP contribution in [-0.2, 0) is 4.79 Å². The van der Waals surface area contributed by atoms with E-state index in [4.69, 9.17) is 0 Å². The van der Waals surface area contributed by atoms with E-state index in [0.29, 0.717) is 0 Å². The van der Waals surface area contributed by atoms with Gasteiger partial charge in [-0.3, -0.25) is 9.59 Å². The molecule has 2 amide bonds. The molecule has 0 radical (unpaired) electrons.